The Balaban J connectivity index is 3.24. The molecule has 0 saturated carbocycles. The van der Waals surface area contributed by atoms with Crippen LogP contribution in [0.25, 0.3) is 0 Å². The molecule has 0 aliphatic carbocycles. The van der Waals surface area contributed by atoms with Crippen LogP contribution in [0.4, 0.5) is 0 Å². The number of hydrogen-bond acceptors (Lipinski definition) is 4. The molecule has 1 aromatic carbocycles. The van der Waals surface area contributed by atoms with Crippen molar-refractivity contribution >= 4 is 0 Å². The lowest BCUT2D eigenvalue weighted by Crippen LogP contribution is -2.19. The van der Waals surface area contributed by atoms with Gasteiger partial charge in [0, 0.05) is 17.7 Å². The zero-order chi connectivity index (χ0) is 13.7. The molecule has 1 rings (SSSR count). The van der Waals surface area contributed by atoms with Crippen LogP contribution in [0.1, 0.15) is 31.9 Å². The van der Waals surface area contributed by atoms with E-state index in [0.717, 1.165) is 17.7 Å². The van der Waals surface area contributed by atoms with Crippen molar-refractivity contribution in [3.05, 3.63) is 17.7 Å². The van der Waals surface area contributed by atoms with Crippen molar-refractivity contribution in [2.75, 3.05) is 21.3 Å². The lowest BCUT2D eigenvalue weighted by atomic mass is 9.92. The Kier molecular flexibility index (Phi) is 5.28. The predicted molar refractivity (Wildman–Crippen MR) is 72.5 cm³/mol. The molecule has 0 bridgehead atoms. The molecule has 0 saturated heterocycles. The summed E-state index contributed by atoms with van der Waals surface area (Å²) < 4.78 is 15.9. The Morgan fingerprint density at radius 2 is 1.50 bits per heavy atom. The highest BCUT2D eigenvalue weighted by atomic mass is 16.5. The molecule has 2 atom stereocenters. The normalized spacial score (nSPS) is 13.9. The van der Waals surface area contributed by atoms with E-state index >= 15 is 0 Å². The topological polar surface area (TPSA) is 53.7 Å². The van der Waals surface area contributed by atoms with Gasteiger partial charge in [0.25, 0.3) is 0 Å². The maximum Gasteiger partial charge on any atom is 0.164 e. The molecule has 0 heterocycles. The van der Waals surface area contributed by atoms with Gasteiger partial charge in [0.2, 0.25) is 0 Å². The van der Waals surface area contributed by atoms with Crippen LogP contribution >= 0.6 is 0 Å². The standard InChI is InChI=1S/C14H23NO3/c1-6-9(2)14(15)10-7-12(17-4)13(18-5)8-11(10)16-3/h7-9,14H,6,15H2,1-5H3/t9?,14-/m1/s1. The maximum atomic E-state index is 6.26. The molecule has 4 heteroatoms. The van der Waals surface area contributed by atoms with Crippen molar-refractivity contribution < 1.29 is 14.2 Å². The summed E-state index contributed by atoms with van der Waals surface area (Å²) in [7, 11) is 4.85. The molecule has 0 spiro atoms. The number of benzene rings is 1. The highest BCUT2D eigenvalue weighted by molar-refractivity contribution is 5.51. The molecule has 0 fully saturated rings. The molecular formula is C14H23NO3. The molecule has 102 valence electrons. The summed E-state index contributed by atoms with van der Waals surface area (Å²) in [5.74, 6) is 2.43. The van der Waals surface area contributed by atoms with E-state index < -0.39 is 0 Å². The first-order valence-corrected chi connectivity index (χ1v) is 6.14. The number of rotatable bonds is 6. The van der Waals surface area contributed by atoms with Gasteiger partial charge in [0.1, 0.15) is 5.75 Å². The number of methoxy groups -OCH3 is 3. The van der Waals surface area contributed by atoms with Crippen molar-refractivity contribution in [1.29, 1.82) is 0 Å². The van der Waals surface area contributed by atoms with Gasteiger partial charge in [-0.2, -0.15) is 0 Å². The van der Waals surface area contributed by atoms with Crippen LogP contribution in [0, 0.1) is 5.92 Å². The van der Waals surface area contributed by atoms with E-state index in [0.29, 0.717) is 17.4 Å². The summed E-state index contributed by atoms with van der Waals surface area (Å²) >= 11 is 0. The molecule has 2 N–H and O–H groups in total. The molecule has 0 radical (unpaired) electrons. The van der Waals surface area contributed by atoms with Gasteiger partial charge >= 0.3 is 0 Å². The van der Waals surface area contributed by atoms with Gasteiger partial charge in [0.05, 0.1) is 21.3 Å². The second-order valence-electron chi connectivity index (χ2n) is 4.36. The first-order valence-electron chi connectivity index (χ1n) is 6.14. The largest absolute Gasteiger partial charge is 0.496 e. The van der Waals surface area contributed by atoms with Crippen LogP contribution in [0.15, 0.2) is 12.1 Å². The summed E-state index contributed by atoms with van der Waals surface area (Å²) in [4.78, 5) is 0. The second-order valence-corrected chi connectivity index (χ2v) is 4.36. The van der Waals surface area contributed by atoms with Crippen molar-refractivity contribution in [2.45, 2.75) is 26.3 Å². The molecule has 0 aromatic heterocycles. The van der Waals surface area contributed by atoms with Gasteiger partial charge in [-0.3, -0.25) is 0 Å². The third-order valence-corrected chi connectivity index (χ3v) is 3.35. The number of nitrogens with two attached hydrogens (primary N) is 1. The van der Waals surface area contributed by atoms with Gasteiger partial charge in [-0.05, 0) is 12.0 Å². The molecule has 1 unspecified atom stereocenters. The first kappa shape index (κ1) is 14.6. The van der Waals surface area contributed by atoms with Gasteiger partial charge in [-0.15, -0.1) is 0 Å². The zero-order valence-electron chi connectivity index (χ0n) is 11.8. The fraction of sp³-hybridized carbons (Fsp3) is 0.571. The van der Waals surface area contributed by atoms with Crippen molar-refractivity contribution in [3.63, 3.8) is 0 Å². The summed E-state index contributed by atoms with van der Waals surface area (Å²) in [6.07, 6.45) is 1.01. The highest BCUT2D eigenvalue weighted by Crippen LogP contribution is 2.38. The van der Waals surface area contributed by atoms with E-state index in [1.807, 2.05) is 12.1 Å². The van der Waals surface area contributed by atoms with E-state index in [2.05, 4.69) is 13.8 Å². The monoisotopic (exact) mass is 253 g/mol. The zero-order valence-corrected chi connectivity index (χ0v) is 11.8. The first-order chi connectivity index (χ1) is 8.58. The fourth-order valence-corrected chi connectivity index (χ4v) is 1.87. The van der Waals surface area contributed by atoms with Crippen LogP contribution in [0.2, 0.25) is 0 Å². The number of ether oxygens (including phenoxy) is 3. The van der Waals surface area contributed by atoms with E-state index in [-0.39, 0.29) is 6.04 Å². The Bertz CT molecular complexity index is 393. The summed E-state index contributed by atoms with van der Waals surface area (Å²) in [6.45, 7) is 4.25. The van der Waals surface area contributed by atoms with E-state index in [1.165, 1.54) is 0 Å². The molecule has 0 aliphatic heterocycles. The van der Waals surface area contributed by atoms with Crippen molar-refractivity contribution in [2.24, 2.45) is 11.7 Å². The minimum atomic E-state index is -0.0789. The summed E-state index contributed by atoms with van der Waals surface area (Å²) in [5, 5.41) is 0. The average molecular weight is 253 g/mol. The van der Waals surface area contributed by atoms with Crippen molar-refractivity contribution in [3.8, 4) is 17.2 Å². The van der Waals surface area contributed by atoms with E-state index in [1.54, 1.807) is 21.3 Å². The van der Waals surface area contributed by atoms with Gasteiger partial charge in [-0.25, -0.2) is 0 Å². The van der Waals surface area contributed by atoms with E-state index in [9.17, 15) is 0 Å². The SMILES string of the molecule is CCC(C)[C@@H](N)c1cc(OC)c(OC)cc1OC. The third-order valence-electron chi connectivity index (χ3n) is 3.35. The highest BCUT2D eigenvalue weighted by Gasteiger charge is 2.20. The lowest BCUT2D eigenvalue weighted by molar-refractivity contribution is 0.343. The second kappa shape index (κ2) is 6.50. The Hall–Kier alpha value is -1.42. The lowest BCUT2D eigenvalue weighted by Gasteiger charge is -2.22. The predicted octanol–water partition coefficient (Wildman–Crippen LogP) is 2.76. The van der Waals surface area contributed by atoms with Crippen LogP contribution in [0.5, 0.6) is 17.2 Å². The summed E-state index contributed by atoms with van der Waals surface area (Å²) in [5.41, 5.74) is 7.21. The van der Waals surface area contributed by atoms with Gasteiger partial charge < -0.3 is 19.9 Å². The minimum absolute atomic E-state index is 0.0789. The van der Waals surface area contributed by atoms with E-state index in [4.69, 9.17) is 19.9 Å². The fourth-order valence-electron chi connectivity index (χ4n) is 1.87. The third kappa shape index (κ3) is 2.88. The Labute approximate surface area is 109 Å². The quantitative estimate of drug-likeness (QED) is 0.847. The van der Waals surface area contributed by atoms with Crippen LogP contribution < -0.4 is 19.9 Å². The van der Waals surface area contributed by atoms with Crippen molar-refractivity contribution in [1.82, 2.24) is 0 Å². The molecule has 4 nitrogen and oxygen atoms in total. The van der Waals surface area contributed by atoms with Crippen LogP contribution in [0.3, 0.4) is 0 Å². The Morgan fingerprint density at radius 1 is 1.00 bits per heavy atom. The smallest absolute Gasteiger partial charge is 0.164 e. The van der Waals surface area contributed by atoms with Gasteiger partial charge in [-0.1, -0.05) is 20.3 Å². The average Bonchev–Trinajstić information content (AvgIpc) is 2.43. The van der Waals surface area contributed by atoms with Gasteiger partial charge in [0.15, 0.2) is 11.5 Å². The number of hydrogen-bond donors (Lipinski definition) is 1. The van der Waals surface area contributed by atoms with Crippen LogP contribution in [-0.4, -0.2) is 21.3 Å². The van der Waals surface area contributed by atoms with Crippen LogP contribution in [-0.2, 0) is 0 Å². The molecule has 18 heavy (non-hydrogen) atoms. The Morgan fingerprint density at radius 3 is 1.94 bits per heavy atom. The minimum Gasteiger partial charge on any atom is -0.496 e. The molecule has 0 amide bonds. The molecule has 1 aromatic rings. The molecular weight excluding hydrogens is 230 g/mol. The maximum absolute atomic E-state index is 6.26. The molecule has 0 aliphatic rings. The summed E-state index contributed by atoms with van der Waals surface area (Å²) in [6, 6.07) is 3.63.